The number of alkyl halides is 3. The monoisotopic (exact) mass is 432 g/mol. The first-order valence-corrected chi connectivity index (χ1v) is 9.98. The summed E-state index contributed by atoms with van der Waals surface area (Å²) < 4.78 is 76.5. The van der Waals surface area contributed by atoms with E-state index in [0.29, 0.717) is 9.82 Å². The number of halogens is 4. The lowest BCUT2D eigenvalue weighted by atomic mass is 10.1. The molecule has 158 valence electrons. The number of benzene rings is 1. The maximum absolute atomic E-state index is 13.3. The maximum atomic E-state index is 13.3. The summed E-state index contributed by atoms with van der Waals surface area (Å²) in [4.78, 5) is 3.00. The SMILES string of the molecule is C.O=S(=O)(N1CCC(n2cc(-c3c[nH]c4cc(F)ccc34)cn2)CC1)C(F)(F)F. The van der Waals surface area contributed by atoms with E-state index < -0.39 is 15.5 Å². The Labute approximate surface area is 165 Å². The van der Waals surface area contributed by atoms with Crippen molar-refractivity contribution in [1.29, 1.82) is 0 Å². The van der Waals surface area contributed by atoms with E-state index in [2.05, 4.69) is 10.1 Å². The molecule has 1 saturated heterocycles. The molecule has 0 radical (unpaired) electrons. The van der Waals surface area contributed by atoms with Gasteiger partial charge in [-0.15, -0.1) is 0 Å². The van der Waals surface area contributed by atoms with Crippen LogP contribution in [0.5, 0.6) is 0 Å². The number of aromatic amines is 1. The fourth-order valence-electron chi connectivity index (χ4n) is 3.51. The summed E-state index contributed by atoms with van der Waals surface area (Å²) in [5.41, 5.74) is -3.02. The number of aromatic nitrogens is 3. The summed E-state index contributed by atoms with van der Waals surface area (Å²) in [5, 5.41) is 5.12. The fraction of sp³-hybridized carbons (Fsp3) is 0.389. The highest BCUT2D eigenvalue weighted by atomic mass is 32.2. The minimum Gasteiger partial charge on any atom is -0.360 e. The normalized spacial score (nSPS) is 16.8. The van der Waals surface area contributed by atoms with Crippen molar-refractivity contribution in [1.82, 2.24) is 19.1 Å². The molecule has 3 heterocycles. The highest BCUT2D eigenvalue weighted by Crippen LogP contribution is 2.33. The topological polar surface area (TPSA) is 71.0 Å². The number of nitrogens with one attached hydrogen (secondary N) is 1. The van der Waals surface area contributed by atoms with Gasteiger partial charge in [0, 0.05) is 47.5 Å². The van der Waals surface area contributed by atoms with Gasteiger partial charge in [-0.2, -0.15) is 22.6 Å². The van der Waals surface area contributed by atoms with E-state index in [1.54, 1.807) is 29.3 Å². The van der Waals surface area contributed by atoms with Crippen LogP contribution < -0.4 is 0 Å². The number of nitrogens with zero attached hydrogens (tertiary/aromatic N) is 3. The molecule has 0 spiro atoms. The fourth-order valence-corrected chi connectivity index (χ4v) is 4.49. The van der Waals surface area contributed by atoms with Crippen LogP contribution in [-0.4, -0.2) is 46.1 Å². The number of fused-ring (bicyclic) bond motifs is 1. The van der Waals surface area contributed by atoms with Crippen molar-refractivity contribution in [3.8, 4) is 11.1 Å². The van der Waals surface area contributed by atoms with Crippen LogP contribution in [0.1, 0.15) is 26.3 Å². The third-order valence-electron chi connectivity index (χ3n) is 4.99. The molecule has 0 amide bonds. The van der Waals surface area contributed by atoms with E-state index in [4.69, 9.17) is 0 Å². The first kappa shape index (κ1) is 21.3. The standard InChI is InChI=1S/C17H16F4N4O2S.CH4/c18-12-1-2-14-15(9-22-16(14)7-12)11-8-23-25(10-11)13-3-5-24(6-4-13)28(26,27)17(19,20)21;/h1-2,7-10,13,22H,3-6H2;1H4. The number of sulfonamides is 1. The van der Waals surface area contributed by atoms with Crippen LogP contribution >= 0.6 is 0 Å². The summed E-state index contributed by atoms with van der Waals surface area (Å²) in [6, 6.07) is 4.21. The minimum absolute atomic E-state index is 0. The highest BCUT2D eigenvalue weighted by molar-refractivity contribution is 7.90. The third kappa shape index (κ3) is 3.76. The Bertz CT molecular complexity index is 1110. The van der Waals surface area contributed by atoms with Crippen molar-refractivity contribution in [2.24, 2.45) is 0 Å². The van der Waals surface area contributed by atoms with Crippen LogP contribution in [-0.2, 0) is 10.0 Å². The Balaban J connectivity index is 0.00000240. The summed E-state index contributed by atoms with van der Waals surface area (Å²) >= 11 is 0. The van der Waals surface area contributed by atoms with E-state index in [1.807, 2.05) is 0 Å². The van der Waals surface area contributed by atoms with Crippen molar-refractivity contribution < 1.29 is 26.0 Å². The number of hydrogen-bond acceptors (Lipinski definition) is 3. The second-order valence-electron chi connectivity index (χ2n) is 6.68. The number of piperidine rings is 1. The molecule has 4 rings (SSSR count). The van der Waals surface area contributed by atoms with E-state index in [9.17, 15) is 26.0 Å². The largest absolute Gasteiger partial charge is 0.511 e. The van der Waals surface area contributed by atoms with Crippen LogP contribution in [0, 0.1) is 5.82 Å². The Morgan fingerprint density at radius 1 is 1.17 bits per heavy atom. The van der Waals surface area contributed by atoms with Crippen LogP contribution in [0.15, 0.2) is 36.8 Å². The van der Waals surface area contributed by atoms with Gasteiger partial charge in [0.05, 0.1) is 12.2 Å². The Morgan fingerprint density at radius 2 is 1.86 bits per heavy atom. The molecule has 0 bridgehead atoms. The van der Waals surface area contributed by atoms with E-state index in [0.717, 1.165) is 16.5 Å². The molecule has 1 N–H and O–H groups in total. The molecule has 1 aromatic carbocycles. The van der Waals surface area contributed by atoms with Gasteiger partial charge in [0.25, 0.3) is 0 Å². The molecule has 0 aliphatic carbocycles. The summed E-state index contributed by atoms with van der Waals surface area (Å²) in [6.07, 6.45) is 5.60. The zero-order valence-corrected chi connectivity index (χ0v) is 15.3. The molecular weight excluding hydrogens is 412 g/mol. The Kier molecular flexibility index (Phi) is 5.48. The highest BCUT2D eigenvalue weighted by Gasteiger charge is 2.50. The Hall–Kier alpha value is -2.40. The molecule has 2 aromatic heterocycles. The minimum atomic E-state index is -5.29. The molecular formula is C18H20F4N4O2S. The van der Waals surface area contributed by atoms with Gasteiger partial charge >= 0.3 is 15.5 Å². The molecule has 29 heavy (non-hydrogen) atoms. The van der Waals surface area contributed by atoms with Crippen LogP contribution in [0.4, 0.5) is 17.6 Å². The van der Waals surface area contributed by atoms with Crippen LogP contribution in [0.2, 0.25) is 0 Å². The molecule has 1 fully saturated rings. The predicted molar refractivity (Wildman–Crippen MR) is 101 cm³/mol. The summed E-state index contributed by atoms with van der Waals surface area (Å²) in [5.74, 6) is -0.350. The predicted octanol–water partition coefficient (Wildman–Crippen LogP) is 4.29. The zero-order chi connectivity index (χ0) is 20.1. The second-order valence-corrected chi connectivity index (χ2v) is 8.61. The molecule has 3 aromatic rings. The summed E-state index contributed by atoms with van der Waals surface area (Å²) in [6.45, 7) is -0.428. The van der Waals surface area contributed by atoms with Crippen molar-refractivity contribution in [2.45, 2.75) is 31.8 Å². The van der Waals surface area contributed by atoms with Gasteiger partial charge in [0.15, 0.2) is 0 Å². The van der Waals surface area contributed by atoms with Gasteiger partial charge in [0.2, 0.25) is 0 Å². The first-order chi connectivity index (χ1) is 13.2. The van der Waals surface area contributed by atoms with E-state index in [1.165, 1.54) is 12.1 Å². The average molecular weight is 432 g/mol. The van der Waals surface area contributed by atoms with E-state index >= 15 is 0 Å². The van der Waals surface area contributed by atoms with Crippen molar-refractivity contribution in [3.05, 3.63) is 42.6 Å². The van der Waals surface area contributed by atoms with E-state index in [-0.39, 0.29) is 45.2 Å². The Morgan fingerprint density at radius 3 is 2.52 bits per heavy atom. The molecule has 0 atom stereocenters. The van der Waals surface area contributed by atoms with Gasteiger partial charge in [-0.25, -0.2) is 12.8 Å². The van der Waals surface area contributed by atoms with Crippen molar-refractivity contribution in [2.75, 3.05) is 13.1 Å². The third-order valence-corrected chi connectivity index (χ3v) is 6.62. The maximum Gasteiger partial charge on any atom is 0.511 e. The quantitative estimate of drug-likeness (QED) is 0.628. The molecule has 1 aliphatic rings. The van der Waals surface area contributed by atoms with Gasteiger partial charge < -0.3 is 4.98 Å². The van der Waals surface area contributed by atoms with Gasteiger partial charge in [-0.05, 0) is 31.0 Å². The molecule has 11 heteroatoms. The van der Waals surface area contributed by atoms with Crippen molar-refractivity contribution >= 4 is 20.9 Å². The number of rotatable bonds is 3. The van der Waals surface area contributed by atoms with Crippen molar-refractivity contribution in [3.63, 3.8) is 0 Å². The number of hydrogen-bond donors (Lipinski definition) is 1. The molecule has 0 unspecified atom stereocenters. The lowest BCUT2D eigenvalue weighted by Crippen LogP contribution is -2.45. The summed E-state index contributed by atoms with van der Waals surface area (Å²) in [7, 11) is -5.29. The number of H-pyrrole nitrogens is 1. The molecule has 1 aliphatic heterocycles. The average Bonchev–Trinajstić information content (AvgIpc) is 3.27. The van der Waals surface area contributed by atoms with Crippen LogP contribution in [0.3, 0.4) is 0 Å². The molecule has 0 saturated carbocycles. The lowest BCUT2D eigenvalue weighted by molar-refractivity contribution is -0.0496. The van der Waals surface area contributed by atoms with Gasteiger partial charge in [0.1, 0.15) is 5.82 Å². The first-order valence-electron chi connectivity index (χ1n) is 8.54. The lowest BCUT2D eigenvalue weighted by Gasteiger charge is -2.31. The zero-order valence-electron chi connectivity index (χ0n) is 14.4. The van der Waals surface area contributed by atoms with Gasteiger partial charge in [-0.1, -0.05) is 7.43 Å². The van der Waals surface area contributed by atoms with Crippen LogP contribution in [0.25, 0.3) is 22.0 Å². The van der Waals surface area contributed by atoms with Gasteiger partial charge in [-0.3, -0.25) is 4.68 Å². The second kappa shape index (κ2) is 7.45. The molecule has 6 nitrogen and oxygen atoms in total. The smallest absolute Gasteiger partial charge is 0.360 e.